The number of rotatable bonds is 8. The molecule has 0 unspecified atom stereocenters. The van der Waals surface area contributed by atoms with Gasteiger partial charge >= 0.3 is 0 Å². The summed E-state index contributed by atoms with van der Waals surface area (Å²) >= 11 is 0. The number of aliphatic hydroxyl groups excluding tert-OH is 1. The number of aromatic nitrogens is 3. The highest BCUT2D eigenvalue weighted by Gasteiger charge is 2.43. The lowest BCUT2D eigenvalue weighted by atomic mass is 9.90. The summed E-state index contributed by atoms with van der Waals surface area (Å²) in [5.41, 5.74) is 3.30. The van der Waals surface area contributed by atoms with Gasteiger partial charge in [-0.1, -0.05) is 39.8 Å². The number of hydrogen-bond donors (Lipinski definition) is 2. The van der Waals surface area contributed by atoms with Crippen molar-refractivity contribution in [3.8, 4) is 0 Å². The normalized spacial score (nSPS) is 24.4. The van der Waals surface area contributed by atoms with Gasteiger partial charge in [0.2, 0.25) is 5.91 Å². The highest BCUT2D eigenvalue weighted by molar-refractivity contribution is 5.97. The van der Waals surface area contributed by atoms with E-state index in [1.807, 2.05) is 23.3 Å². The molecule has 1 aromatic carbocycles. The number of aliphatic hydroxyl groups is 1. The molecule has 1 amide bonds. The van der Waals surface area contributed by atoms with E-state index in [1.54, 1.807) is 12.1 Å². The predicted octanol–water partition coefficient (Wildman–Crippen LogP) is 2.74. The third-order valence-corrected chi connectivity index (χ3v) is 9.77. The Morgan fingerprint density at radius 1 is 1.20 bits per heavy atom. The van der Waals surface area contributed by atoms with Crippen molar-refractivity contribution in [3.05, 3.63) is 58.8 Å². The van der Waals surface area contributed by atoms with E-state index < -0.39 is 5.41 Å². The molecule has 5 heterocycles. The molecule has 45 heavy (non-hydrogen) atoms. The molecule has 0 bridgehead atoms. The lowest BCUT2D eigenvalue weighted by molar-refractivity contribution is -0.121. The van der Waals surface area contributed by atoms with Crippen LogP contribution in [0.4, 0.5) is 10.1 Å². The fourth-order valence-electron chi connectivity index (χ4n) is 6.98. The van der Waals surface area contributed by atoms with Crippen LogP contribution in [0.15, 0.2) is 30.3 Å². The van der Waals surface area contributed by atoms with E-state index in [2.05, 4.69) is 48.9 Å². The minimum absolute atomic E-state index is 0.0686. The molecule has 3 atom stereocenters. The number of carbonyl (C=O) groups is 1. The first kappa shape index (κ1) is 32.0. The van der Waals surface area contributed by atoms with Crippen LogP contribution in [0.25, 0.3) is 5.65 Å². The molecule has 2 fully saturated rings. The van der Waals surface area contributed by atoms with Gasteiger partial charge in [0.15, 0.2) is 11.5 Å². The Bertz CT molecular complexity index is 1540. The summed E-state index contributed by atoms with van der Waals surface area (Å²) in [5, 5.41) is 18.7. The number of hydrogen-bond acceptors (Lipinski definition) is 8. The highest BCUT2D eigenvalue weighted by atomic mass is 19.1. The van der Waals surface area contributed by atoms with Gasteiger partial charge in [-0.05, 0) is 37.6 Å². The van der Waals surface area contributed by atoms with E-state index >= 15 is 0 Å². The third-order valence-electron chi connectivity index (χ3n) is 9.77. The standard InChI is InChI=1S/C34H48FN7O3/c1-22-16-40(27(15-36-22)17-39-11-12-45-19-23(39)2)18-29(44)41-20-33(3,4)30-28(41)14-25(13-24-7-9-26(35)10-8-24)31-37-32(38-42(30)31)34(5,6)21-43/h7-10,14,22-23,27,36,43H,11-13,15-21H2,1-6H3/t22-,23-,27-/m1/s1. The Morgan fingerprint density at radius 2 is 1.96 bits per heavy atom. The second kappa shape index (κ2) is 12.3. The van der Waals surface area contributed by atoms with Crippen molar-refractivity contribution in [2.75, 3.05) is 64.0 Å². The van der Waals surface area contributed by atoms with E-state index in [-0.39, 0.29) is 29.8 Å². The van der Waals surface area contributed by atoms with Crippen molar-refractivity contribution in [2.24, 2.45) is 0 Å². The number of amides is 1. The molecule has 3 aliphatic heterocycles. The number of nitrogens with zero attached hydrogens (tertiary/aromatic N) is 6. The number of carbonyl (C=O) groups excluding carboxylic acids is 1. The van der Waals surface area contributed by atoms with Crippen LogP contribution in [-0.4, -0.2) is 113 Å². The number of pyridine rings is 1. The van der Waals surface area contributed by atoms with E-state index in [0.717, 1.165) is 61.9 Å². The molecule has 2 saturated heterocycles. The summed E-state index contributed by atoms with van der Waals surface area (Å²) in [6, 6.07) is 9.44. The maximum atomic E-state index is 14.3. The summed E-state index contributed by atoms with van der Waals surface area (Å²) in [7, 11) is 0. The van der Waals surface area contributed by atoms with Crippen molar-refractivity contribution < 1.29 is 19.0 Å². The van der Waals surface area contributed by atoms with Crippen LogP contribution in [0.3, 0.4) is 0 Å². The molecule has 2 N–H and O–H groups in total. The maximum Gasteiger partial charge on any atom is 0.241 e. The molecule has 0 saturated carbocycles. The second-order valence-corrected chi connectivity index (χ2v) is 14.6. The zero-order valence-electron chi connectivity index (χ0n) is 27.5. The van der Waals surface area contributed by atoms with Crippen LogP contribution >= 0.6 is 0 Å². The largest absolute Gasteiger partial charge is 0.395 e. The average molecular weight is 622 g/mol. The second-order valence-electron chi connectivity index (χ2n) is 14.6. The van der Waals surface area contributed by atoms with Gasteiger partial charge in [-0.2, -0.15) is 5.10 Å². The van der Waals surface area contributed by atoms with Gasteiger partial charge in [-0.3, -0.25) is 14.6 Å². The third kappa shape index (κ3) is 6.38. The smallest absolute Gasteiger partial charge is 0.241 e. The van der Waals surface area contributed by atoms with Crippen LogP contribution in [0, 0.1) is 5.82 Å². The number of benzene rings is 1. The summed E-state index contributed by atoms with van der Waals surface area (Å²) < 4.78 is 21.3. The van der Waals surface area contributed by atoms with E-state index in [0.29, 0.717) is 43.1 Å². The molecule has 10 nitrogen and oxygen atoms in total. The van der Waals surface area contributed by atoms with Gasteiger partial charge in [0.25, 0.3) is 0 Å². The first-order valence-corrected chi connectivity index (χ1v) is 16.2. The molecular formula is C34H48FN7O3. The van der Waals surface area contributed by atoms with E-state index in [9.17, 15) is 14.3 Å². The monoisotopic (exact) mass is 621 g/mol. The lowest BCUT2D eigenvalue weighted by Crippen LogP contribution is -2.62. The average Bonchev–Trinajstić information content (AvgIpc) is 3.56. The summed E-state index contributed by atoms with van der Waals surface area (Å²) in [6.07, 6.45) is 0.506. The van der Waals surface area contributed by atoms with Crippen LogP contribution in [-0.2, 0) is 26.8 Å². The zero-order chi connectivity index (χ0) is 32.1. The predicted molar refractivity (Wildman–Crippen MR) is 172 cm³/mol. The maximum absolute atomic E-state index is 14.3. The molecule has 2 aromatic heterocycles. The molecule has 3 aromatic rings. The minimum atomic E-state index is -0.643. The Labute approximate surface area is 265 Å². The summed E-state index contributed by atoms with van der Waals surface area (Å²) in [5.74, 6) is 0.336. The first-order valence-electron chi connectivity index (χ1n) is 16.2. The van der Waals surface area contributed by atoms with Crippen molar-refractivity contribution >= 4 is 17.2 Å². The Balaban J connectivity index is 1.35. The number of ether oxygens (including phenoxy) is 1. The molecule has 11 heteroatoms. The van der Waals surface area contributed by atoms with E-state index in [1.165, 1.54) is 12.1 Å². The van der Waals surface area contributed by atoms with Crippen molar-refractivity contribution in [2.45, 2.75) is 76.9 Å². The zero-order valence-corrected chi connectivity index (χ0v) is 27.5. The van der Waals surface area contributed by atoms with Gasteiger partial charge in [0, 0.05) is 73.7 Å². The minimum Gasteiger partial charge on any atom is -0.395 e. The van der Waals surface area contributed by atoms with Crippen molar-refractivity contribution in [1.82, 2.24) is 29.7 Å². The SMILES string of the molecule is C[C@@H]1CN(CC(=O)N2CC(C)(C)c3c2cc(Cc2ccc(F)cc2)c2nc(C(C)(C)CO)nn32)[C@@H](CN2CCOC[C@H]2C)CN1. The molecule has 0 spiro atoms. The Hall–Kier alpha value is -2.96. The molecule has 0 radical (unpaired) electrons. The van der Waals surface area contributed by atoms with Gasteiger partial charge in [-0.25, -0.2) is 13.9 Å². The number of anilines is 1. The number of nitrogens with one attached hydrogen (secondary N) is 1. The van der Waals surface area contributed by atoms with Crippen molar-refractivity contribution in [3.63, 3.8) is 0 Å². The van der Waals surface area contributed by atoms with E-state index in [4.69, 9.17) is 14.8 Å². The topological polar surface area (TPSA) is 98.5 Å². The van der Waals surface area contributed by atoms with Crippen LogP contribution in [0.5, 0.6) is 0 Å². The lowest BCUT2D eigenvalue weighted by Gasteiger charge is -2.43. The molecule has 244 valence electrons. The van der Waals surface area contributed by atoms with Crippen LogP contribution in [0.1, 0.15) is 64.2 Å². The van der Waals surface area contributed by atoms with Gasteiger partial charge in [0.05, 0.1) is 37.7 Å². The number of morpholine rings is 1. The number of piperazine rings is 1. The quantitative estimate of drug-likeness (QED) is 0.397. The molecule has 0 aliphatic carbocycles. The summed E-state index contributed by atoms with van der Waals surface area (Å²) in [6.45, 7) is 18.2. The number of halogens is 1. The number of fused-ring (bicyclic) bond motifs is 3. The van der Waals surface area contributed by atoms with Crippen LogP contribution < -0.4 is 10.2 Å². The first-order chi connectivity index (χ1) is 21.4. The highest BCUT2D eigenvalue weighted by Crippen LogP contribution is 2.42. The molecule has 6 rings (SSSR count). The fraction of sp³-hybridized carbons (Fsp3) is 0.618. The van der Waals surface area contributed by atoms with Gasteiger partial charge in [0.1, 0.15) is 5.82 Å². The Kier molecular flexibility index (Phi) is 8.77. The molecular weight excluding hydrogens is 573 g/mol. The van der Waals surface area contributed by atoms with Gasteiger partial charge in [-0.15, -0.1) is 0 Å². The molecule has 3 aliphatic rings. The van der Waals surface area contributed by atoms with Gasteiger partial charge < -0.3 is 20.1 Å². The van der Waals surface area contributed by atoms with Crippen molar-refractivity contribution in [1.29, 1.82) is 0 Å². The Morgan fingerprint density at radius 3 is 2.67 bits per heavy atom. The fourth-order valence-corrected chi connectivity index (χ4v) is 6.98. The van der Waals surface area contributed by atoms with Crippen LogP contribution in [0.2, 0.25) is 0 Å². The summed E-state index contributed by atoms with van der Waals surface area (Å²) in [4.78, 5) is 26.0.